The van der Waals surface area contributed by atoms with E-state index in [1.54, 1.807) is 0 Å². The van der Waals surface area contributed by atoms with E-state index >= 15 is 0 Å². The van der Waals surface area contributed by atoms with Gasteiger partial charge in [0.1, 0.15) is 5.69 Å². The molecule has 0 bridgehead atoms. The van der Waals surface area contributed by atoms with E-state index in [0.29, 0.717) is 24.3 Å². The van der Waals surface area contributed by atoms with Gasteiger partial charge in [-0.25, -0.2) is 0 Å². The van der Waals surface area contributed by atoms with E-state index < -0.39 is 11.2 Å². The quantitative estimate of drug-likeness (QED) is 0.278. The molecular weight excluding hydrogens is 270 g/mol. The highest BCUT2D eigenvalue weighted by Crippen LogP contribution is 2.38. The first-order chi connectivity index (χ1) is 9.70. The fourth-order valence-electron chi connectivity index (χ4n) is 1.97. The van der Waals surface area contributed by atoms with Gasteiger partial charge in [-0.1, -0.05) is 10.3 Å². The van der Waals surface area contributed by atoms with E-state index in [-0.39, 0.29) is 17.0 Å². The van der Waals surface area contributed by atoms with Crippen LogP contribution in [0.15, 0.2) is 21.8 Å². The van der Waals surface area contributed by atoms with Crippen molar-refractivity contribution >= 4 is 22.3 Å². The zero-order valence-corrected chi connectivity index (χ0v) is 9.92. The molecule has 10 nitrogen and oxygen atoms in total. The number of ether oxygens (including phenoxy) is 2. The van der Waals surface area contributed by atoms with E-state index in [9.17, 15) is 10.1 Å². The molecule has 1 aromatic carbocycles. The Labute approximate surface area is 110 Å². The van der Waals surface area contributed by atoms with E-state index in [4.69, 9.17) is 19.5 Å². The third-order valence-corrected chi connectivity index (χ3v) is 2.77. The third kappa shape index (κ3) is 1.93. The summed E-state index contributed by atoms with van der Waals surface area (Å²) < 4.78 is 15.6. The Bertz CT molecular complexity index is 729. The normalized spacial score (nSPS) is 15.4. The molecule has 1 aliphatic heterocycles. The molecule has 0 amide bonds. The fraction of sp³-hybridized carbons (Fsp3) is 0.300. The Morgan fingerprint density at radius 2 is 2.20 bits per heavy atom. The Morgan fingerprint density at radius 3 is 2.85 bits per heavy atom. The van der Waals surface area contributed by atoms with Gasteiger partial charge in [0.05, 0.1) is 35.3 Å². The number of hydrogen-bond donors (Lipinski definition) is 0. The standard InChI is InChI=1S/C10H7N5O5/c11-14-12-6-3-5(15(16)17)4-7-8(6)9(13-20-7)10-18-1-2-19-10/h3-4,10H,1-2H2. The summed E-state index contributed by atoms with van der Waals surface area (Å²) >= 11 is 0. The van der Waals surface area contributed by atoms with Crippen LogP contribution < -0.4 is 0 Å². The predicted octanol–water partition coefficient (Wildman–Crippen LogP) is 2.72. The Morgan fingerprint density at radius 1 is 1.45 bits per heavy atom. The van der Waals surface area contributed by atoms with Crippen LogP contribution in [0.25, 0.3) is 21.4 Å². The molecule has 1 aromatic heterocycles. The highest BCUT2D eigenvalue weighted by Gasteiger charge is 2.27. The molecule has 0 saturated carbocycles. The molecule has 0 N–H and O–H groups in total. The van der Waals surface area contributed by atoms with Crippen LogP contribution in [-0.4, -0.2) is 23.3 Å². The number of rotatable bonds is 3. The van der Waals surface area contributed by atoms with Crippen molar-refractivity contribution in [3.8, 4) is 0 Å². The molecule has 0 unspecified atom stereocenters. The molecule has 0 spiro atoms. The first kappa shape index (κ1) is 12.4. The number of fused-ring (bicyclic) bond motifs is 1. The molecule has 1 saturated heterocycles. The van der Waals surface area contributed by atoms with Crippen LogP contribution in [0.1, 0.15) is 12.0 Å². The number of azide groups is 1. The molecular formula is C10H7N5O5. The third-order valence-electron chi connectivity index (χ3n) is 2.77. The van der Waals surface area contributed by atoms with Crippen LogP contribution >= 0.6 is 0 Å². The molecule has 3 rings (SSSR count). The van der Waals surface area contributed by atoms with Gasteiger partial charge in [-0.3, -0.25) is 10.1 Å². The minimum absolute atomic E-state index is 0.0482. The minimum Gasteiger partial charge on any atom is -0.356 e. The topological polar surface area (TPSA) is 136 Å². The van der Waals surface area contributed by atoms with Crippen LogP contribution in [0.3, 0.4) is 0 Å². The number of aromatic nitrogens is 1. The maximum absolute atomic E-state index is 10.8. The zero-order chi connectivity index (χ0) is 14.1. The minimum atomic E-state index is -0.731. The van der Waals surface area contributed by atoms with Crippen molar-refractivity contribution in [2.45, 2.75) is 6.29 Å². The van der Waals surface area contributed by atoms with Crippen molar-refractivity contribution in [1.29, 1.82) is 0 Å². The molecule has 2 aromatic rings. The van der Waals surface area contributed by atoms with Gasteiger partial charge < -0.3 is 14.0 Å². The van der Waals surface area contributed by atoms with Crippen LogP contribution in [0.2, 0.25) is 0 Å². The van der Waals surface area contributed by atoms with Gasteiger partial charge in [-0.05, 0) is 5.53 Å². The van der Waals surface area contributed by atoms with E-state index in [2.05, 4.69) is 15.2 Å². The van der Waals surface area contributed by atoms with Crippen molar-refractivity contribution < 1.29 is 18.9 Å². The van der Waals surface area contributed by atoms with Crippen molar-refractivity contribution in [2.24, 2.45) is 5.11 Å². The number of nitrogens with zero attached hydrogens (tertiary/aromatic N) is 5. The van der Waals surface area contributed by atoms with Crippen LogP contribution in [0, 0.1) is 10.1 Å². The van der Waals surface area contributed by atoms with Gasteiger partial charge in [0.25, 0.3) is 5.69 Å². The highest BCUT2D eigenvalue weighted by atomic mass is 16.7. The molecule has 20 heavy (non-hydrogen) atoms. The molecule has 0 radical (unpaired) electrons. The largest absolute Gasteiger partial charge is 0.356 e. The van der Waals surface area contributed by atoms with Gasteiger partial charge >= 0.3 is 0 Å². The average Bonchev–Trinajstić information content (AvgIpc) is 3.07. The number of non-ortho nitro benzene ring substituents is 1. The maximum Gasteiger partial charge on any atom is 0.273 e. The van der Waals surface area contributed by atoms with Gasteiger partial charge in [-0.15, -0.1) is 0 Å². The first-order valence-electron chi connectivity index (χ1n) is 5.56. The second-order valence-corrected chi connectivity index (χ2v) is 3.93. The number of nitro benzene ring substituents is 1. The van der Waals surface area contributed by atoms with Crippen LogP contribution in [0.5, 0.6) is 0 Å². The number of benzene rings is 1. The maximum atomic E-state index is 10.8. The van der Waals surface area contributed by atoms with Gasteiger partial charge in [0.2, 0.25) is 6.29 Å². The van der Waals surface area contributed by atoms with Crippen molar-refractivity contribution in [2.75, 3.05) is 13.2 Å². The summed E-state index contributed by atoms with van der Waals surface area (Å²) in [6.07, 6.45) is -0.731. The molecule has 0 aliphatic carbocycles. The van der Waals surface area contributed by atoms with Crippen LogP contribution in [-0.2, 0) is 9.47 Å². The average molecular weight is 277 g/mol. The molecule has 1 aliphatic rings. The Balaban J connectivity index is 2.24. The zero-order valence-electron chi connectivity index (χ0n) is 9.92. The molecule has 10 heteroatoms. The lowest BCUT2D eigenvalue weighted by Crippen LogP contribution is -1.98. The second-order valence-electron chi connectivity index (χ2n) is 3.93. The summed E-state index contributed by atoms with van der Waals surface area (Å²) in [6.45, 7) is 0.811. The predicted molar refractivity (Wildman–Crippen MR) is 64.1 cm³/mol. The van der Waals surface area contributed by atoms with Gasteiger partial charge in [-0.2, -0.15) is 0 Å². The molecule has 102 valence electrons. The summed E-state index contributed by atoms with van der Waals surface area (Å²) in [7, 11) is 0. The van der Waals surface area contributed by atoms with Gasteiger partial charge in [0.15, 0.2) is 5.58 Å². The highest BCUT2D eigenvalue weighted by molar-refractivity contribution is 5.93. The van der Waals surface area contributed by atoms with Crippen LogP contribution in [0.4, 0.5) is 11.4 Å². The monoisotopic (exact) mass is 277 g/mol. The van der Waals surface area contributed by atoms with E-state index in [0.717, 1.165) is 6.07 Å². The van der Waals surface area contributed by atoms with Crippen molar-refractivity contribution in [3.63, 3.8) is 0 Å². The summed E-state index contributed by atoms with van der Waals surface area (Å²) in [5.74, 6) is 0. The van der Waals surface area contributed by atoms with Gasteiger partial charge in [0, 0.05) is 11.0 Å². The van der Waals surface area contributed by atoms with Crippen molar-refractivity contribution in [1.82, 2.24) is 5.16 Å². The summed E-state index contributed by atoms with van der Waals surface area (Å²) in [5.41, 5.74) is 8.81. The summed E-state index contributed by atoms with van der Waals surface area (Å²) in [6, 6.07) is 2.36. The lowest BCUT2D eigenvalue weighted by molar-refractivity contribution is -0.384. The smallest absolute Gasteiger partial charge is 0.273 e. The fourth-order valence-corrected chi connectivity index (χ4v) is 1.97. The Kier molecular flexibility index (Phi) is 2.95. The molecule has 2 heterocycles. The van der Waals surface area contributed by atoms with E-state index in [1.807, 2.05) is 0 Å². The lowest BCUT2D eigenvalue weighted by atomic mass is 10.1. The Hall–Kier alpha value is -2.68. The SMILES string of the molecule is [N-]=[N+]=Nc1cc([N+](=O)[O-])cc2onc(C3OCCO3)c12. The molecule has 0 atom stereocenters. The first-order valence-corrected chi connectivity index (χ1v) is 5.56. The molecule has 1 fully saturated rings. The summed E-state index contributed by atoms with van der Waals surface area (Å²) in [5, 5.41) is 18.4. The van der Waals surface area contributed by atoms with E-state index in [1.165, 1.54) is 6.07 Å². The van der Waals surface area contributed by atoms with Crippen molar-refractivity contribution in [3.05, 3.63) is 38.4 Å². The second kappa shape index (κ2) is 4.78. The summed E-state index contributed by atoms with van der Waals surface area (Å²) in [4.78, 5) is 12.9. The lowest BCUT2D eigenvalue weighted by Gasteiger charge is -2.05. The number of nitro groups is 1. The number of hydrogen-bond acceptors (Lipinski definition) is 7.